The van der Waals surface area contributed by atoms with E-state index < -0.39 is 11.6 Å². The van der Waals surface area contributed by atoms with Crippen molar-refractivity contribution in [3.8, 4) is 5.69 Å². The molecule has 1 unspecified atom stereocenters. The fraction of sp³-hybridized carbons (Fsp3) is 0.423. The van der Waals surface area contributed by atoms with Crippen molar-refractivity contribution >= 4 is 16.9 Å². The third kappa shape index (κ3) is 5.60. The van der Waals surface area contributed by atoms with Gasteiger partial charge in [-0.2, -0.15) is 0 Å². The van der Waals surface area contributed by atoms with Gasteiger partial charge >= 0.3 is 6.03 Å². The molecule has 3 aromatic rings. The maximum absolute atomic E-state index is 13.7. The fourth-order valence-electron chi connectivity index (χ4n) is 3.91. The van der Waals surface area contributed by atoms with E-state index in [4.69, 9.17) is 9.72 Å². The third-order valence-electron chi connectivity index (χ3n) is 5.40. The number of urea groups is 1. The molecule has 1 heterocycles. The van der Waals surface area contributed by atoms with Gasteiger partial charge in [0, 0.05) is 19.2 Å². The number of hydrogen-bond acceptors (Lipinski definition) is 4. The second-order valence-corrected chi connectivity index (χ2v) is 9.26. The lowest BCUT2D eigenvalue weighted by Crippen LogP contribution is -2.51. The molecule has 0 saturated carbocycles. The van der Waals surface area contributed by atoms with E-state index in [-0.39, 0.29) is 11.6 Å². The number of rotatable bonds is 7. The molecule has 1 atom stereocenters. The van der Waals surface area contributed by atoms with E-state index in [0.717, 1.165) is 11.3 Å². The molecule has 7 nitrogen and oxygen atoms in total. The fourth-order valence-corrected chi connectivity index (χ4v) is 3.91. The van der Waals surface area contributed by atoms with Crippen LogP contribution in [0.1, 0.15) is 51.5 Å². The Morgan fingerprint density at radius 2 is 1.91 bits per heavy atom. The lowest BCUT2D eigenvalue weighted by molar-refractivity contribution is 0.120. The van der Waals surface area contributed by atoms with E-state index in [0.29, 0.717) is 36.3 Å². The maximum Gasteiger partial charge on any atom is 0.318 e. The van der Waals surface area contributed by atoms with Crippen LogP contribution in [0.4, 0.5) is 4.79 Å². The van der Waals surface area contributed by atoms with E-state index in [1.807, 2.05) is 77.1 Å². The Balaban J connectivity index is 2.26. The Hall–Kier alpha value is -3.19. The van der Waals surface area contributed by atoms with Gasteiger partial charge in [0.1, 0.15) is 5.82 Å². The summed E-state index contributed by atoms with van der Waals surface area (Å²) in [5.74, 6) is 0.534. The Kier molecular flexibility index (Phi) is 7.53. The van der Waals surface area contributed by atoms with Crippen molar-refractivity contribution in [3.63, 3.8) is 0 Å². The molecule has 176 valence electrons. The van der Waals surface area contributed by atoms with Gasteiger partial charge in [-0.25, -0.2) is 9.78 Å². The van der Waals surface area contributed by atoms with Gasteiger partial charge in [-0.1, -0.05) is 31.2 Å². The second kappa shape index (κ2) is 10.2. The number of hydrogen-bond donors (Lipinski definition) is 1. The monoisotopic (exact) mass is 450 g/mol. The summed E-state index contributed by atoms with van der Waals surface area (Å²) >= 11 is 0. The zero-order valence-electron chi connectivity index (χ0n) is 20.4. The van der Waals surface area contributed by atoms with Crippen LogP contribution in [0.25, 0.3) is 16.6 Å². The predicted octanol–water partition coefficient (Wildman–Crippen LogP) is 4.60. The number of carbonyl (C=O) groups is 1. The minimum Gasteiger partial charge on any atom is -0.383 e. The number of benzene rings is 2. The molecular formula is C26H34N4O3. The van der Waals surface area contributed by atoms with Gasteiger partial charge in [-0.05, 0) is 63.9 Å². The molecular weight excluding hydrogens is 416 g/mol. The van der Waals surface area contributed by atoms with Crippen LogP contribution in [0.2, 0.25) is 0 Å². The number of nitrogens with zero attached hydrogens (tertiary/aromatic N) is 3. The zero-order chi connectivity index (χ0) is 24.2. The van der Waals surface area contributed by atoms with Crippen molar-refractivity contribution in [2.24, 2.45) is 0 Å². The summed E-state index contributed by atoms with van der Waals surface area (Å²) in [6.07, 6.45) is 0.581. The van der Waals surface area contributed by atoms with Crippen molar-refractivity contribution in [2.75, 3.05) is 20.3 Å². The topological polar surface area (TPSA) is 76.5 Å². The number of fused-ring (bicyclic) bond motifs is 1. The number of ether oxygens (including phenoxy) is 1. The van der Waals surface area contributed by atoms with Crippen LogP contribution in [0.15, 0.2) is 53.3 Å². The Morgan fingerprint density at radius 1 is 1.18 bits per heavy atom. The van der Waals surface area contributed by atoms with Crippen LogP contribution >= 0.6 is 0 Å². The molecule has 0 saturated heterocycles. The second-order valence-electron chi connectivity index (χ2n) is 9.26. The molecule has 1 N–H and O–H groups in total. The molecule has 0 fully saturated rings. The van der Waals surface area contributed by atoms with Gasteiger partial charge in [-0.15, -0.1) is 0 Å². The van der Waals surface area contributed by atoms with E-state index in [9.17, 15) is 9.59 Å². The Labute approximate surface area is 195 Å². The van der Waals surface area contributed by atoms with E-state index in [2.05, 4.69) is 5.32 Å². The molecule has 3 rings (SSSR count). The summed E-state index contributed by atoms with van der Waals surface area (Å²) in [7, 11) is 1.61. The normalized spacial score (nSPS) is 12.5. The van der Waals surface area contributed by atoms with Crippen molar-refractivity contribution in [3.05, 3.63) is 70.3 Å². The molecule has 2 amide bonds. The van der Waals surface area contributed by atoms with Crippen molar-refractivity contribution in [1.82, 2.24) is 19.8 Å². The van der Waals surface area contributed by atoms with Crippen LogP contribution in [-0.2, 0) is 4.74 Å². The SMILES string of the molecule is CCC(c1nc2ccccc2c(=O)n1-c1cccc(C)c1)N(CCOC)C(=O)NC(C)(C)C. The zero-order valence-corrected chi connectivity index (χ0v) is 20.4. The summed E-state index contributed by atoms with van der Waals surface area (Å²) < 4.78 is 6.94. The highest BCUT2D eigenvalue weighted by Gasteiger charge is 2.30. The number of para-hydroxylation sites is 1. The minimum absolute atomic E-state index is 0.150. The van der Waals surface area contributed by atoms with E-state index >= 15 is 0 Å². The molecule has 0 bridgehead atoms. The number of methoxy groups -OCH3 is 1. The molecule has 0 aliphatic carbocycles. The average Bonchev–Trinajstić information content (AvgIpc) is 2.75. The van der Waals surface area contributed by atoms with Gasteiger partial charge in [0.2, 0.25) is 0 Å². The van der Waals surface area contributed by atoms with Crippen LogP contribution in [0, 0.1) is 6.92 Å². The lowest BCUT2D eigenvalue weighted by Gasteiger charge is -2.34. The standard InChI is InChI=1S/C26H34N4O3/c1-7-22(29(15-16-33-6)25(32)28-26(3,4)5)23-27-21-14-9-8-13-20(21)24(31)30(23)19-12-10-11-18(2)17-19/h8-14,17,22H,7,15-16H2,1-6H3,(H,28,32). The van der Waals surface area contributed by atoms with Crippen LogP contribution in [-0.4, -0.2) is 46.3 Å². The quantitative estimate of drug-likeness (QED) is 0.571. The number of aromatic nitrogens is 2. The van der Waals surface area contributed by atoms with Crippen molar-refractivity contribution in [2.45, 2.75) is 52.6 Å². The number of amides is 2. The molecule has 0 aliphatic rings. The summed E-state index contributed by atoms with van der Waals surface area (Å²) in [6.45, 7) is 10.5. The lowest BCUT2D eigenvalue weighted by atomic mass is 10.1. The van der Waals surface area contributed by atoms with E-state index in [1.54, 1.807) is 22.6 Å². The smallest absolute Gasteiger partial charge is 0.318 e. The first-order chi connectivity index (χ1) is 15.7. The van der Waals surface area contributed by atoms with Crippen molar-refractivity contribution < 1.29 is 9.53 Å². The maximum atomic E-state index is 13.7. The molecule has 7 heteroatoms. The molecule has 2 aromatic carbocycles. The number of carbonyl (C=O) groups excluding carboxylic acids is 1. The molecule has 0 spiro atoms. The Morgan fingerprint density at radius 3 is 2.55 bits per heavy atom. The summed E-state index contributed by atoms with van der Waals surface area (Å²) in [4.78, 5) is 33.7. The summed E-state index contributed by atoms with van der Waals surface area (Å²) in [6, 6.07) is 14.5. The molecule has 0 radical (unpaired) electrons. The largest absolute Gasteiger partial charge is 0.383 e. The first kappa shape index (κ1) is 24.5. The Bertz CT molecular complexity index is 1180. The highest BCUT2D eigenvalue weighted by atomic mass is 16.5. The van der Waals surface area contributed by atoms with Gasteiger partial charge in [0.15, 0.2) is 0 Å². The van der Waals surface area contributed by atoms with E-state index in [1.165, 1.54) is 0 Å². The van der Waals surface area contributed by atoms with Gasteiger partial charge in [0.05, 0.1) is 29.2 Å². The average molecular weight is 451 g/mol. The minimum atomic E-state index is -0.430. The highest BCUT2D eigenvalue weighted by Crippen LogP contribution is 2.26. The summed E-state index contributed by atoms with van der Waals surface area (Å²) in [5.41, 5.74) is 1.82. The highest BCUT2D eigenvalue weighted by molar-refractivity contribution is 5.78. The van der Waals surface area contributed by atoms with Crippen LogP contribution < -0.4 is 10.9 Å². The first-order valence-corrected chi connectivity index (χ1v) is 11.3. The van der Waals surface area contributed by atoms with Crippen LogP contribution in [0.5, 0.6) is 0 Å². The third-order valence-corrected chi connectivity index (χ3v) is 5.40. The number of aryl methyl sites for hydroxylation is 1. The molecule has 0 aliphatic heterocycles. The molecule has 1 aromatic heterocycles. The summed E-state index contributed by atoms with van der Waals surface area (Å²) in [5, 5.41) is 3.59. The van der Waals surface area contributed by atoms with Crippen LogP contribution in [0.3, 0.4) is 0 Å². The number of nitrogens with one attached hydrogen (secondary N) is 1. The van der Waals surface area contributed by atoms with Crippen molar-refractivity contribution in [1.29, 1.82) is 0 Å². The predicted molar refractivity (Wildman–Crippen MR) is 132 cm³/mol. The van der Waals surface area contributed by atoms with Gasteiger partial charge in [-0.3, -0.25) is 9.36 Å². The molecule has 33 heavy (non-hydrogen) atoms. The van der Waals surface area contributed by atoms with Gasteiger partial charge in [0.25, 0.3) is 5.56 Å². The first-order valence-electron chi connectivity index (χ1n) is 11.3. The van der Waals surface area contributed by atoms with Gasteiger partial charge < -0.3 is 15.0 Å².